The molecule has 5 nitrogen and oxygen atoms in total. The van der Waals surface area contributed by atoms with Gasteiger partial charge in [0.2, 0.25) is 0 Å². The summed E-state index contributed by atoms with van der Waals surface area (Å²) in [5.41, 5.74) is 3.23. The van der Waals surface area contributed by atoms with Crippen LogP contribution in [0.2, 0.25) is 5.02 Å². The topological polar surface area (TPSA) is 63.2 Å². The molecule has 2 aromatic carbocycles. The van der Waals surface area contributed by atoms with Crippen LogP contribution in [0.5, 0.6) is 5.75 Å². The Kier molecular flexibility index (Phi) is 6.28. The Morgan fingerprint density at radius 1 is 1.07 bits per heavy atom. The molecular formula is C21H20ClN3O2. The zero-order valence-corrected chi connectivity index (χ0v) is 15.7. The molecule has 1 aromatic heterocycles. The van der Waals surface area contributed by atoms with Crippen molar-refractivity contribution in [2.45, 2.75) is 13.1 Å². The lowest BCUT2D eigenvalue weighted by Crippen LogP contribution is -2.23. The number of ether oxygens (including phenoxy) is 1. The molecule has 3 rings (SSSR count). The number of methoxy groups -OCH3 is 1. The van der Waals surface area contributed by atoms with Crippen molar-refractivity contribution in [2.24, 2.45) is 0 Å². The summed E-state index contributed by atoms with van der Waals surface area (Å²) in [7, 11) is 1.64. The monoisotopic (exact) mass is 381 g/mol. The summed E-state index contributed by atoms with van der Waals surface area (Å²) in [5, 5.41) is 6.77. The van der Waals surface area contributed by atoms with Crippen LogP contribution >= 0.6 is 11.6 Å². The minimum atomic E-state index is -0.199. The van der Waals surface area contributed by atoms with E-state index >= 15 is 0 Å². The van der Waals surface area contributed by atoms with Gasteiger partial charge in [-0.25, -0.2) is 0 Å². The van der Waals surface area contributed by atoms with Crippen LogP contribution in [0.3, 0.4) is 0 Å². The first-order chi connectivity index (χ1) is 13.2. The average molecular weight is 382 g/mol. The van der Waals surface area contributed by atoms with Crippen molar-refractivity contribution in [2.75, 3.05) is 12.4 Å². The second kappa shape index (κ2) is 9.05. The molecule has 1 amide bonds. The van der Waals surface area contributed by atoms with Crippen LogP contribution in [0, 0.1) is 0 Å². The summed E-state index contributed by atoms with van der Waals surface area (Å²) in [6.07, 6.45) is 3.23. The molecule has 0 fully saturated rings. The molecule has 6 heteroatoms. The number of nitrogens with zero attached hydrogens (tertiary/aromatic N) is 1. The highest BCUT2D eigenvalue weighted by Crippen LogP contribution is 2.16. The van der Waals surface area contributed by atoms with Gasteiger partial charge in [0.15, 0.2) is 0 Å². The Bertz CT molecular complexity index is 913. The molecule has 2 N–H and O–H groups in total. The number of amides is 1. The van der Waals surface area contributed by atoms with Crippen LogP contribution in [0.1, 0.15) is 21.5 Å². The zero-order valence-electron chi connectivity index (χ0n) is 14.9. The third-order valence-electron chi connectivity index (χ3n) is 4.05. The fraction of sp³-hybridized carbons (Fsp3) is 0.143. The first-order valence-corrected chi connectivity index (χ1v) is 8.87. The quantitative estimate of drug-likeness (QED) is 0.641. The van der Waals surface area contributed by atoms with Crippen molar-refractivity contribution >= 4 is 23.2 Å². The largest absolute Gasteiger partial charge is 0.497 e. The first-order valence-electron chi connectivity index (χ1n) is 8.49. The maximum atomic E-state index is 12.4. The van der Waals surface area contributed by atoms with Gasteiger partial charge in [-0.15, -0.1) is 0 Å². The number of rotatable bonds is 7. The highest BCUT2D eigenvalue weighted by atomic mass is 35.5. The number of hydrogen-bond acceptors (Lipinski definition) is 4. The van der Waals surface area contributed by atoms with Crippen molar-refractivity contribution in [3.8, 4) is 5.75 Å². The molecule has 0 radical (unpaired) electrons. The SMILES string of the molecule is COc1ccc(CNc2cncc(C(=O)NCc3ccccc3Cl)c2)cc1. The van der Waals surface area contributed by atoms with Gasteiger partial charge in [0.1, 0.15) is 5.75 Å². The molecule has 3 aromatic rings. The van der Waals surface area contributed by atoms with Gasteiger partial charge in [-0.1, -0.05) is 41.9 Å². The van der Waals surface area contributed by atoms with Gasteiger partial charge in [0, 0.05) is 30.5 Å². The molecule has 0 aliphatic rings. The number of nitrogens with one attached hydrogen (secondary N) is 2. The average Bonchev–Trinajstić information content (AvgIpc) is 2.72. The lowest BCUT2D eigenvalue weighted by molar-refractivity contribution is 0.0950. The van der Waals surface area contributed by atoms with Crippen molar-refractivity contribution in [1.82, 2.24) is 10.3 Å². The summed E-state index contributed by atoms with van der Waals surface area (Å²) in [6.45, 7) is 0.985. The summed E-state index contributed by atoms with van der Waals surface area (Å²) >= 11 is 6.12. The lowest BCUT2D eigenvalue weighted by atomic mass is 10.2. The number of hydrogen-bond donors (Lipinski definition) is 2. The van der Waals surface area contributed by atoms with Crippen LogP contribution in [0.15, 0.2) is 67.0 Å². The van der Waals surface area contributed by atoms with Gasteiger partial charge < -0.3 is 15.4 Å². The predicted octanol–water partition coefficient (Wildman–Crippen LogP) is 4.29. The smallest absolute Gasteiger partial charge is 0.253 e. The van der Waals surface area contributed by atoms with Crippen LogP contribution < -0.4 is 15.4 Å². The predicted molar refractivity (Wildman–Crippen MR) is 107 cm³/mol. The van der Waals surface area contributed by atoms with E-state index in [2.05, 4.69) is 15.6 Å². The first kappa shape index (κ1) is 18.7. The molecular weight excluding hydrogens is 362 g/mol. The minimum Gasteiger partial charge on any atom is -0.497 e. The van der Waals surface area contributed by atoms with Crippen molar-refractivity contribution in [3.63, 3.8) is 0 Å². The Hall–Kier alpha value is -3.05. The van der Waals surface area contributed by atoms with Crippen molar-refractivity contribution in [3.05, 3.63) is 88.7 Å². The van der Waals surface area contributed by atoms with Crippen molar-refractivity contribution < 1.29 is 9.53 Å². The van der Waals surface area contributed by atoms with Crippen LogP contribution in [0.25, 0.3) is 0 Å². The molecule has 1 heterocycles. The molecule has 0 bridgehead atoms. The van der Waals surface area contributed by atoms with Crippen LogP contribution in [-0.2, 0) is 13.1 Å². The number of aromatic nitrogens is 1. The third-order valence-corrected chi connectivity index (χ3v) is 4.42. The molecule has 0 saturated carbocycles. The molecule has 0 unspecified atom stereocenters. The lowest BCUT2D eigenvalue weighted by Gasteiger charge is -2.10. The van der Waals surface area contributed by atoms with E-state index in [1.165, 1.54) is 0 Å². The Morgan fingerprint density at radius 3 is 2.59 bits per heavy atom. The van der Waals surface area contributed by atoms with E-state index in [-0.39, 0.29) is 5.91 Å². The van der Waals surface area contributed by atoms with E-state index in [4.69, 9.17) is 16.3 Å². The summed E-state index contributed by atoms with van der Waals surface area (Å²) in [6, 6.07) is 17.0. The number of anilines is 1. The number of benzene rings is 2. The van der Waals surface area contributed by atoms with Gasteiger partial charge in [-0.05, 0) is 35.4 Å². The maximum Gasteiger partial charge on any atom is 0.253 e. The number of carbonyl (C=O) groups excluding carboxylic acids is 1. The van der Waals surface area contributed by atoms with E-state index in [0.29, 0.717) is 23.7 Å². The Labute approximate surface area is 163 Å². The van der Waals surface area contributed by atoms with Gasteiger partial charge in [0.05, 0.1) is 18.4 Å². The standard InChI is InChI=1S/C21H20ClN3O2/c1-27-19-8-6-15(7-9-19)11-24-18-10-17(12-23-14-18)21(26)25-13-16-4-2-3-5-20(16)22/h2-10,12,14,24H,11,13H2,1H3,(H,25,26). The molecule has 0 saturated heterocycles. The highest BCUT2D eigenvalue weighted by molar-refractivity contribution is 6.31. The number of carbonyl (C=O) groups is 1. The fourth-order valence-corrected chi connectivity index (χ4v) is 2.73. The molecule has 0 spiro atoms. The van der Waals surface area contributed by atoms with Gasteiger partial charge in [-0.2, -0.15) is 0 Å². The summed E-state index contributed by atoms with van der Waals surface area (Å²) in [5.74, 6) is 0.619. The Morgan fingerprint density at radius 2 is 1.85 bits per heavy atom. The molecule has 27 heavy (non-hydrogen) atoms. The zero-order chi connectivity index (χ0) is 19.1. The molecule has 0 atom stereocenters. The summed E-state index contributed by atoms with van der Waals surface area (Å²) < 4.78 is 5.15. The van der Waals surface area contributed by atoms with Crippen LogP contribution in [0.4, 0.5) is 5.69 Å². The summed E-state index contributed by atoms with van der Waals surface area (Å²) in [4.78, 5) is 16.5. The normalized spacial score (nSPS) is 10.3. The molecule has 138 valence electrons. The molecule has 0 aliphatic carbocycles. The van der Waals surface area contributed by atoms with E-state index in [0.717, 1.165) is 22.6 Å². The highest BCUT2D eigenvalue weighted by Gasteiger charge is 2.08. The Balaban J connectivity index is 1.58. The molecule has 0 aliphatic heterocycles. The number of pyridine rings is 1. The van der Waals surface area contributed by atoms with E-state index in [1.807, 2.05) is 42.5 Å². The van der Waals surface area contributed by atoms with Crippen molar-refractivity contribution in [1.29, 1.82) is 0 Å². The fourth-order valence-electron chi connectivity index (χ4n) is 2.53. The second-order valence-electron chi connectivity index (χ2n) is 5.94. The van der Waals surface area contributed by atoms with Crippen LogP contribution in [-0.4, -0.2) is 18.0 Å². The minimum absolute atomic E-state index is 0.199. The second-order valence-corrected chi connectivity index (χ2v) is 6.35. The number of halogens is 1. The van der Waals surface area contributed by atoms with E-state index in [9.17, 15) is 4.79 Å². The van der Waals surface area contributed by atoms with E-state index in [1.54, 1.807) is 31.6 Å². The van der Waals surface area contributed by atoms with Gasteiger partial charge in [0.25, 0.3) is 5.91 Å². The van der Waals surface area contributed by atoms with Gasteiger partial charge in [-0.3, -0.25) is 9.78 Å². The maximum absolute atomic E-state index is 12.4. The van der Waals surface area contributed by atoms with E-state index < -0.39 is 0 Å². The van der Waals surface area contributed by atoms with Gasteiger partial charge >= 0.3 is 0 Å². The third kappa shape index (κ3) is 5.21.